The van der Waals surface area contributed by atoms with Crippen LogP contribution in [-0.2, 0) is 9.59 Å². The second kappa shape index (κ2) is 10.3. The van der Waals surface area contributed by atoms with Gasteiger partial charge in [-0.1, -0.05) is 6.07 Å². The highest BCUT2D eigenvalue weighted by molar-refractivity contribution is 6.02. The van der Waals surface area contributed by atoms with Crippen molar-refractivity contribution in [1.29, 1.82) is 0 Å². The molecule has 0 N–H and O–H groups in total. The molecule has 0 saturated heterocycles. The van der Waals surface area contributed by atoms with Crippen molar-refractivity contribution < 1.29 is 23.9 Å². The number of Topliss-reactive ketones (excluding diaryl/α,β-unsaturated/α-hetero) is 1. The van der Waals surface area contributed by atoms with Crippen LogP contribution in [-0.4, -0.2) is 55.8 Å². The van der Waals surface area contributed by atoms with Crippen LogP contribution >= 0.6 is 0 Å². The second-order valence-corrected chi connectivity index (χ2v) is 8.06. The van der Waals surface area contributed by atoms with Gasteiger partial charge >= 0.3 is 0 Å². The highest BCUT2D eigenvalue weighted by Crippen LogP contribution is 2.33. The van der Waals surface area contributed by atoms with Crippen molar-refractivity contribution in [2.24, 2.45) is 0 Å². The summed E-state index contributed by atoms with van der Waals surface area (Å²) in [7, 11) is 1.76. The molecular weight excluding hydrogens is 408 g/mol. The lowest BCUT2D eigenvalue weighted by molar-refractivity contribution is -0.130. The lowest BCUT2D eigenvalue weighted by Crippen LogP contribution is -2.40. The molecule has 0 fully saturated rings. The van der Waals surface area contributed by atoms with E-state index in [0.717, 1.165) is 11.1 Å². The van der Waals surface area contributed by atoms with Crippen LogP contribution in [0.5, 0.6) is 11.5 Å². The van der Waals surface area contributed by atoms with Crippen molar-refractivity contribution in [3.63, 3.8) is 0 Å². The number of hydrogen-bond acceptors (Lipinski definition) is 5. The zero-order valence-corrected chi connectivity index (χ0v) is 19.1. The summed E-state index contributed by atoms with van der Waals surface area (Å²) in [6, 6.07) is 10.9. The Balaban J connectivity index is 1.69. The molecule has 1 heterocycles. The largest absolute Gasteiger partial charge is 0.485 e. The predicted molar refractivity (Wildman–Crippen MR) is 123 cm³/mol. The first-order valence-corrected chi connectivity index (χ1v) is 10.8. The van der Waals surface area contributed by atoms with E-state index < -0.39 is 0 Å². The van der Waals surface area contributed by atoms with Crippen molar-refractivity contribution >= 4 is 23.3 Å². The van der Waals surface area contributed by atoms with Gasteiger partial charge in [-0.2, -0.15) is 0 Å². The van der Waals surface area contributed by atoms with Crippen molar-refractivity contribution in [1.82, 2.24) is 4.90 Å². The van der Waals surface area contributed by atoms with Gasteiger partial charge in [0, 0.05) is 32.1 Å². The first-order valence-electron chi connectivity index (χ1n) is 10.8. The number of carbonyl (C=O) groups excluding carboxylic acids is 3. The molecule has 1 aliphatic heterocycles. The number of ketones is 1. The fourth-order valence-electron chi connectivity index (χ4n) is 3.62. The zero-order valence-electron chi connectivity index (χ0n) is 19.1. The van der Waals surface area contributed by atoms with Crippen LogP contribution < -0.4 is 14.4 Å². The van der Waals surface area contributed by atoms with Crippen LogP contribution in [0.4, 0.5) is 5.69 Å². The molecule has 32 heavy (non-hydrogen) atoms. The molecule has 2 aromatic rings. The Bertz CT molecular complexity index is 997. The number of benzene rings is 2. The van der Waals surface area contributed by atoms with Gasteiger partial charge in [-0.25, -0.2) is 0 Å². The molecule has 7 heteroatoms. The quantitative estimate of drug-likeness (QED) is 0.560. The summed E-state index contributed by atoms with van der Waals surface area (Å²) >= 11 is 0. The third-order valence-electron chi connectivity index (χ3n) is 5.46. The molecule has 0 aromatic heterocycles. The van der Waals surface area contributed by atoms with E-state index in [-0.39, 0.29) is 30.8 Å². The number of rotatable bonds is 9. The van der Waals surface area contributed by atoms with E-state index in [9.17, 15) is 14.4 Å². The van der Waals surface area contributed by atoms with Crippen LogP contribution in [0.3, 0.4) is 0 Å². The smallest absolute Gasteiger partial charge is 0.265 e. The minimum absolute atomic E-state index is 0.0425. The number of carbonyl (C=O) groups is 3. The SMILES string of the molecule is CCN(C)C(=O)CCCN1C(=O)COc2ccc(C(=O)COc3cc(C)cc(C)c3)cc21. The van der Waals surface area contributed by atoms with E-state index in [0.29, 0.717) is 48.7 Å². The first-order chi connectivity index (χ1) is 15.3. The van der Waals surface area contributed by atoms with E-state index in [1.807, 2.05) is 39.0 Å². The molecule has 0 saturated carbocycles. The summed E-state index contributed by atoms with van der Waals surface area (Å²) in [6.45, 7) is 6.74. The van der Waals surface area contributed by atoms with Gasteiger partial charge in [0.15, 0.2) is 19.0 Å². The summed E-state index contributed by atoms with van der Waals surface area (Å²) in [4.78, 5) is 40.5. The van der Waals surface area contributed by atoms with E-state index in [1.54, 1.807) is 35.0 Å². The van der Waals surface area contributed by atoms with Gasteiger partial charge in [-0.15, -0.1) is 0 Å². The molecule has 0 atom stereocenters. The molecule has 0 unspecified atom stereocenters. The molecule has 0 radical (unpaired) electrons. The fraction of sp³-hybridized carbons (Fsp3) is 0.400. The Kier molecular flexibility index (Phi) is 7.51. The molecule has 0 aliphatic carbocycles. The number of nitrogens with zero attached hydrogens (tertiary/aromatic N) is 2. The topological polar surface area (TPSA) is 76.2 Å². The van der Waals surface area contributed by atoms with Crippen LogP contribution in [0.25, 0.3) is 0 Å². The molecule has 7 nitrogen and oxygen atoms in total. The molecule has 0 bridgehead atoms. The monoisotopic (exact) mass is 438 g/mol. The average Bonchev–Trinajstić information content (AvgIpc) is 2.77. The van der Waals surface area contributed by atoms with E-state index in [2.05, 4.69) is 0 Å². The van der Waals surface area contributed by atoms with Gasteiger partial charge in [-0.3, -0.25) is 14.4 Å². The minimum Gasteiger partial charge on any atom is -0.485 e. The fourth-order valence-corrected chi connectivity index (χ4v) is 3.62. The minimum atomic E-state index is -0.190. The first kappa shape index (κ1) is 23.3. The molecule has 2 amide bonds. The summed E-state index contributed by atoms with van der Waals surface area (Å²) < 4.78 is 11.2. The molecule has 170 valence electrons. The number of aryl methyl sites for hydroxylation is 2. The van der Waals surface area contributed by atoms with Gasteiger partial charge in [0.25, 0.3) is 5.91 Å². The highest BCUT2D eigenvalue weighted by Gasteiger charge is 2.26. The van der Waals surface area contributed by atoms with E-state index in [1.165, 1.54) is 0 Å². The van der Waals surface area contributed by atoms with Gasteiger partial charge in [0.1, 0.15) is 11.5 Å². The standard InChI is InChI=1S/C25H30N2O5/c1-5-26(4)24(29)7-6-10-27-21-14-19(8-9-23(21)32-16-25(27)30)22(28)15-31-20-12-17(2)11-18(3)13-20/h8-9,11-14H,5-7,10,15-16H2,1-4H3. The summed E-state index contributed by atoms with van der Waals surface area (Å²) in [5.74, 6) is 0.861. The third kappa shape index (κ3) is 5.66. The lowest BCUT2D eigenvalue weighted by Gasteiger charge is -2.30. The van der Waals surface area contributed by atoms with Crippen molar-refractivity contribution in [2.45, 2.75) is 33.6 Å². The van der Waals surface area contributed by atoms with Gasteiger partial charge < -0.3 is 19.3 Å². The maximum Gasteiger partial charge on any atom is 0.265 e. The number of anilines is 1. The maximum atomic E-state index is 12.8. The van der Waals surface area contributed by atoms with E-state index in [4.69, 9.17) is 9.47 Å². The second-order valence-electron chi connectivity index (χ2n) is 8.06. The average molecular weight is 439 g/mol. The number of hydrogen-bond donors (Lipinski definition) is 0. The van der Waals surface area contributed by atoms with Crippen LogP contribution in [0.1, 0.15) is 41.3 Å². The maximum absolute atomic E-state index is 12.8. The Morgan fingerprint density at radius 1 is 1.12 bits per heavy atom. The Morgan fingerprint density at radius 3 is 2.53 bits per heavy atom. The Morgan fingerprint density at radius 2 is 1.84 bits per heavy atom. The van der Waals surface area contributed by atoms with Crippen molar-refractivity contribution in [3.8, 4) is 11.5 Å². The van der Waals surface area contributed by atoms with Crippen molar-refractivity contribution in [3.05, 3.63) is 53.1 Å². The van der Waals surface area contributed by atoms with Crippen LogP contribution in [0, 0.1) is 13.8 Å². The van der Waals surface area contributed by atoms with Gasteiger partial charge in [0.2, 0.25) is 5.91 Å². The molecule has 3 rings (SSSR count). The highest BCUT2D eigenvalue weighted by atomic mass is 16.5. The van der Waals surface area contributed by atoms with Crippen molar-refractivity contribution in [2.75, 3.05) is 38.3 Å². The Hall–Kier alpha value is -3.35. The summed E-state index contributed by atoms with van der Waals surface area (Å²) in [6.07, 6.45) is 0.884. The summed E-state index contributed by atoms with van der Waals surface area (Å²) in [5.41, 5.74) is 3.13. The van der Waals surface area contributed by atoms with Crippen LogP contribution in [0.15, 0.2) is 36.4 Å². The molecule has 2 aromatic carbocycles. The lowest BCUT2D eigenvalue weighted by atomic mass is 10.1. The third-order valence-corrected chi connectivity index (χ3v) is 5.46. The number of fused-ring (bicyclic) bond motifs is 1. The summed E-state index contributed by atoms with van der Waals surface area (Å²) in [5, 5.41) is 0. The van der Waals surface area contributed by atoms with Gasteiger partial charge in [-0.05, 0) is 68.7 Å². The predicted octanol–water partition coefficient (Wildman–Crippen LogP) is 3.55. The van der Waals surface area contributed by atoms with E-state index >= 15 is 0 Å². The number of amides is 2. The molecular formula is C25H30N2O5. The Labute approximate surface area is 188 Å². The van der Waals surface area contributed by atoms with Gasteiger partial charge in [0.05, 0.1) is 5.69 Å². The molecule has 0 spiro atoms. The van der Waals surface area contributed by atoms with Crippen LogP contribution in [0.2, 0.25) is 0 Å². The number of ether oxygens (including phenoxy) is 2. The normalized spacial score (nSPS) is 12.8. The molecule has 1 aliphatic rings. The zero-order chi connectivity index (χ0) is 23.3.